The minimum absolute atomic E-state index is 0.112. The smallest absolute Gasteiger partial charge is 0.314 e. The van der Waals surface area contributed by atoms with Crippen LogP contribution < -0.4 is 5.73 Å². The molecular formula is C14H18N2O4. The number of nitrogens with zero attached hydrogens (tertiary/aromatic N) is 1. The molecule has 1 aliphatic rings. The van der Waals surface area contributed by atoms with Crippen molar-refractivity contribution in [3.8, 4) is 0 Å². The maximum absolute atomic E-state index is 11.8. The number of nitrogens with two attached hydrogens (primary N) is 1. The Morgan fingerprint density at radius 3 is 2.35 bits per heavy atom. The number of nitrogen functional groups attached to an aromatic ring is 1. The van der Waals surface area contributed by atoms with Gasteiger partial charge in [0.15, 0.2) is 0 Å². The van der Waals surface area contributed by atoms with Crippen molar-refractivity contribution in [3.05, 3.63) is 33.9 Å². The first kappa shape index (κ1) is 14.3. The third-order valence-electron chi connectivity index (χ3n) is 4.13. The molecule has 0 aromatic heterocycles. The van der Waals surface area contributed by atoms with Crippen LogP contribution in [-0.4, -0.2) is 16.0 Å². The average molecular weight is 278 g/mol. The minimum Gasteiger partial charge on any atom is -0.481 e. The van der Waals surface area contributed by atoms with Crippen LogP contribution in [0.3, 0.4) is 0 Å². The number of benzene rings is 1. The van der Waals surface area contributed by atoms with Gasteiger partial charge in [-0.2, -0.15) is 0 Å². The summed E-state index contributed by atoms with van der Waals surface area (Å²) in [5.41, 5.74) is 5.42. The number of carbonyl (C=O) groups is 1. The predicted octanol–water partition coefficient (Wildman–Crippen LogP) is 2.85. The molecule has 0 aliphatic heterocycles. The van der Waals surface area contributed by atoms with Gasteiger partial charge in [0.05, 0.1) is 10.3 Å². The van der Waals surface area contributed by atoms with Crippen molar-refractivity contribution in [1.82, 2.24) is 0 Å². The van der Waals surface area contributed by atoms with E-state index in [9.17, 15) is 20.0 Å². The minimum atomic E-state index is -1.09. The van der Waals surface area contributed by atoms with Crippen LogP contribution in [0.25, 0.3) is 0 Å². The molecule has 0 radical (unpaired) electrons. The van der Waals surface area contributed by atoms with E-state index in [1.165, 1.54) is 18.2 Å². The third-order valence-corrected chi connectivity index (χ3v) is 4.13. The number of nitro groups is 1. The standard InChI is InChI=1S/C14H18N2O4/c15-12-6-5-10(16(19)20)9-11(12)14(13(17)18)7-3-1-2-4-8-14/h5-6,9H,1-4,7-8,15H2,(H,17,18). The van der Waals surface area contributed by atoms with Gasteiger partial charge < -0.3 is 10.8 Å². The molecule has 6 nitrogen and oxygen atoms in total. The molecule has 6 heteroatoms. The Bertz CT molecular complexity index is 534. The Balaban J connectivity index is 2.56. The second-order valence-corrected chi connectivity index (χ2v) is 5.33. The number of nitro benzene ring substituents is 1. The van der Waals surface area contributed by atoms with E-state index in [-0.39, 0.29) is 5.69 Å². The summed E-state index contributed by atoms with van der Waals surface area (Å²) in [5.74, 6) is -0.938. The third kappa shape index (κ3) is 2.45. The first-order chi connectivity index (χ1) is 9.47. The number of hydrogen-bond acceptors (Lipinski definition) is 4. The van der Waals surface area contributed by atoms with Crippen molar-refractivity contribution in [1.29, 1.82) is 0 Å². The van der Waals surface area contributed by atoms with Gasteiger partial charge in [-0.1, -0.05) is 25.7 Å². The largest absolute Gasteiger partial charge is 0.481 e. The van der Waals surface area contributed by atoms with Gasteiger partial charge in [-0.15, -0.1) is 0 Å². The first-order valence-electron chi connectivity index (χ1n) is 6.75. The van der Waals surface area contributed by atoms with Gasteiger partial charge in [-0.05, 0) is 24.5 Å². The van der Waals surface area contributed by atoms with Crippen LogP contribution in [0.5, 0.6) is 0 Å². The van der Waals surface area contributed by atoms with Gasteiger partial charge in [0, 0.05) is 17.8 Å². The van der Waals surface area contributed by atoms with Gasteiger partial charge in [0.1, 0.15) is 0 Å². The van der Waals surface area contributed by atoms with E-state index in [1.807, 2.05) is 0 Å². The van der Waals surface area contributed by atoms with Crippen molar-refractivity contribution >= 4 is 17.3 Å². The summed E-state index contributed by atoms with van der Waals surface area (Å²) in [6, 6.07) is 4.07. The number of carboxylic acid groups (broad SMARTS) is 1. The molecule has 108 valence electrons. The van der Waals surface area contributed by atoms with Crippen LogP contribution in [0.4, 0.5) is 11.4 Å². The molecule has 0 atom stereocenters. The van der Waals surface area contributed by atoms with Crippen LogP contribution in [0.15, 0.2) is 18.2 Å². The Hall–Kier alpha value is -2.11. The lowest BCUT2D eigenvalue weighted by atomic mass is 9.73. The summed E-state index contributed by atoms with van der Waals surface area (Å²) in [4.78, 5) is 22.2. The first-order valence-corrected chi connectivity index (χ1v) is 6.75. The summed E-state index contributed by atoms with van der Waals surface area (Å²) < 4.78 is 0. The zero-order valence-electron chi connectivity index (χ0n) is 11.2. The maximum Gasteiger partial charge on any atom is 0.314 e. The van der Waals surface area contributed by atoms with E-state index in [1.54, 1.807) is 0 Å². The van der Waals surface area contributed by atoms with Crippen molar-refractivity contribution in [2.24, 2.45) is 0 Å². The molecule has 0 amide bonds. The second-order valence-electron chi connectivity index (χ2n) is 5.33. The van der Waals surface area contributed by atoms with E-state index in [4.69, 9.17) is 5.73 Å². The Morgan fingerprint density at radius 1 is 1.25 bits per heavy atom. The number of rotatable bonds is 3. The molecule has 2 rings (SSSR count). The van der Waals surface area contributed by atoms with Crippen LogP contribution in [0, 0.1) is 10.1 Å². The fraction of sp³-hybridized carbons (Fsp3) is 0.500. The Kier molecular flexibility index (Phi) is 3.92. The molecule has 0 bridgehead atoms. The normalized spacial score (nSPS) is 18.2. The lowest BCUT2D eigenvalue weighted by Gasteiger charge is -2.29. The highest BCUT2D eigenvalue weighted by Gasteiger charge is 2.42. The Morgan fingerprint density at radius 2 is 1.85 bits per heavy atom. The number of non-ortho nitro benzene ring substituents is 1. The highest BCUT2D eigenvalue weighted by Crippen LogP contribution is 2.42. The zero-order valence-corrected chi connectivity index (χ0v) is 11.2. The number of carboxylic acids is 1. The average Bonchev–Trinajstić information content (AvgIpc) is 2.65. The molecule has 1 fully saturated rings. The summed E-state index contributed by atoms with van der Waals surface area (Å²) >= 11 is 0. The fourth-order valence-electron chi connectivity index (χ4n) is 3.00. The quantitative estimate of drug-likeness (QED) is 0.382. The molecule has 1 aromatic rings. The molecule has 1 aliphatic carbocycles. The fourth-order valence-corrected chi connectivity index (χ4v) is 3.00. The lowest BCUT2D eigenvalue weighted by Crippen LogP contribution is -2.36. The van der Waals surface area contributed by atoms with E-state index in [0.717, 1.165) is 25.7 Å². The Labute approximate surface area is 116 Å². The monoisotopic (exact) mass is 278 g/mol. The van der Waals surface area contributed by atoms with Gasteiger partial charge in [0.2, 0.25) is 0 Å². The van der Waals surface area contributed by atoms with E-state index >= 15 is 0 Å². The van der Waals surface area contributed by atoms with Crippen LogP contribution in [-0.2, 0) is 10.2 Å². The van der Waals surface area contributed by atoms with Crippen LogP contribution in [0.1, 0.15) is 44.1 Å². The molecule has 1 saturated carbocycles. The van der Waals surface area contributed by atoms with Gasteiger partial charge in [-0.25, -0.2) is 0 Å². The predicted molar refractivity (Wildman–Crippen MR) is 74.5 cm³/mol. The summed E-state index contributed by atoms with van der Waals surface area (Å²) in [5, 5.41) is 20.6. The van der Waals surface area contributed by atoms with E-state index < -0.39 is 16.3 Å². The zero-order chi connectivity index (χ0) is 14.8. The van der Waals surface area contributed by atoms with Crippen molar-refractivity contribution in [3.63, 3.8) is 0 Å². The lowest BCUT2D eigenvalue weighted by molar-refractivity contribution is -0.384. The van der Waals surface area contributed by atoms with Crippen LogP contribution >= 0.6 is 0 Å². The SMILES string of the molecule is Nc1ccc([N+](=O)[O-])cc1C1(C(=O)O)CCCCCC1. The molecule has 20 heavy (non-hydrogen) atoms. The van der Waals surface area contributed by atoms with Crippen molar-refractivity contribution in [2.45, 2.75) is 43.9 Å². The van der Waals surface area contributed by atoms with Gasteiger partial charge >= 0.3 is 5.97 Å². The van der Waals surface area contributed by atoms with Crippen molar-refractivity contribution < 1.29 is 14.8 Å². The molecule has 3 N–H and O–H groups in total. The van der Waals surface area contributed by atoms with Crippen LogP contribution in [0.2, 0.25) is 0 Å². The number of anilines is 1. The number of aliphatic carboxylic acids is 1. The topological polar surface area (TPSA) is 106 Å². The van der Waals surface area contributed by atoms with Crippen molar-refractivity contribution in [2.75, 3.05) is 5.73 Å². The summed E-state index contributed by atoms with van der Waals surface area (Å²) in [6.07, 6.45) is 4.54. The van der Waals surface area contributed by atoms with E-state index in [0.29, 0.717) is 24.1 Å². The number of hydrogen-bond donors (Lipinski definition) is 2. The highest BCUT2D eigenvalue weighted by atomic mass is 16.6. The highest BCUT2D eigenvalue weighted by molar-refractivity contribution is 5.84. The molecule has 0 spiro atoms. The van der Waals surface area contributed by atoms with Gasteiger partial charge in [-0.3, -0.25) is 14.9 Å². The molecular weight excluding hydrogens is 260 g/mol. The summed E-state index contributed by atoms with van der Waals surface area (Å²) in [7, 11) is 0. The summed E-state index contributed by atoms with van der Waals surface area (Å²) in [6.45, 7) is 0. The molecule has 0 saturated heterocycles. The molecule has 0 heterocycles. The van der Waals surface area contributed by atoms with E-state index in [2.05, 4.69) is 0 Å². The molecule has 0 unspecified atom stereocenters. The molecule has 1 aromatic carbocycles. The maximum atomic E-state index is 11.8. The van der Waals surface area contributed by atoms with Gasteiger partial charge in [0.25, 0.3) is 5.69 Å². The second kappa shape index (κ2) is 5.48.